The van der Waals surface area contributed by atoms with E-state index in [1.54, 1.807) is 0 Å². The van der Waals surface area contributed by atoms with E-state index >= 15 is 0 Å². The molecule has 1 heterocycles. The molecule has 106 valence electrons. The van der Waals surface area contributed by atoms with Crippen molar-refractivity contribution in [3.63, 3.8) is 0 Å². The highest BCUT2D eigenvalue weighted by molar-refractivity contribution is 6.17. The van der Waals surface area contributed by atoms with Crippen molar-refractivity contribution in [2.24, 2.45) is 0 Å². The number of ketones is 1. The second kappa shape index (κ2) is 5.09. The van der Waals surface area contributed by atoms with Gasteiger partial charge < -0.3 is 9.73 Å². The van der Waals surface area contributed by atoms with E-state index in [9.17, 15) is 4.79 Å². The lowest BCUT2D eigenvalue weighted by molar-refractivity contribution is 0.103. The molecule has 2 aromatic carbocycles. The molecule has 0 radical (unpaired) electrons. The van der Waals surface area contributed by atoms with Crippen LogP contribution in [0.2, 0.25) is 0 Å². The number of hydrogen-bond acceptors (Lipinski definition) is 3. The fourth-order valence-corrected chi connectivity index (χ4v) is 2.51. The van der Waals surface area contributed by atoms with Crippen molar-refractivity contribution in [1.29, 1.82) is 0 Å². The largest absolute Gasteiger partial charge is 0.461 e. The smallest absolute Gasteiger partial charge is 0.197 e. The molecule has 21 heavy (non-hydrogen) atoms. The first-order chi connectivity index (χ1) is 10.1. The Morgan fingerprint density at radius 3 is 2.43 bits per heavy atom. The minimum Gasteiger partial charge on any atom is -0.461 e. The third-order valence-corrected chi connectivity index (χ3v) is 3.69. The van der Waals surface area contributed by atoms with Gasteiger partial charge in [-0.2, -0.15) is 0 Å². The predicted molar refractivity (Wildman–Crippen MR) is 85.1 cm³/mol. The lowest BCUT2D eigenvalue weighted by atomic mass is 9.99. The number of anilines is 1. The summed E-state index contributed by atoms with van der Waals surface area (Å²) in [4.78, 5) is 12.8. The van der Waals surface area contributed by atoms with E-state index in [4.69, 9.17) is 4.42 Å². The normalized spacial score (nSPS) is 10.8. The van der Waals surface area contributed by atoms with Crippen LogP contribution in [0.3, 0.4) is 0 Å². The molecule has 0 unspecified atom stereocenters. The zero-order valence-electron chi connectivity index (χ0n) is 12.4. The van der Waals surface area contributed by atoms with Gasteiger partial charge in [-0.05, 0) is 32.0 Å². The van der Waals surface area contributed by atoms with Crippen LogP contribution < -0.4 is 5.32 Å². The van der Waals surface area contributed by atoms with Crippen LogP contribution in [0.4, 0.5) is 5.69 Å². The number of rotatable bonds is 3. The van der Waals surface area contributed by atoms with Crippen molar-refractivity contribution in [1.82, 2.24) is 0 Å². The first kappa shape index (κ1) is 13.4. The lowest BCUT2D eigenvalue weighted by Crippen LogP contribution is -2.02. The fourth-order valence-electron chi connectivity index (χ4n) is 2.51. The first-order valence-corrected chi connectivity index (χ1v) is 6.92. The van der Waals surface area contributed by atoms with Crippen molar-refractivity contribution >= 4 is 22.4 Å². The molecule has 0 aliphatic heterocycles. The maximum atomic E-state index is 12.8. The molecular formula is C18H17NO2. The summed E-state index contributed by atoms with van der Waals surface area (Å²) in [5.41, 5.74) is 4.16. The van der Waals surface area contributed by atoms with Crippen LogP contribution in [0.15, 0.2) is 46.9 Å². The summed E-state index contributed by atoms with van der Waals surface area (Å²) < 4.78 is 5.72. The monoisotopic (exact) mass is 279 g/mol. The van der Waals surface area contributed by atoms with Crippen LogP contribution in [0.1, 0.15) is 27.2 Å². The fraction of sp³-hybridized carbons (Fsp3) is 0.167. The van der Waals surface area contributed by atoms with E-state index in [0.29, 0.717) is 16.9 Å². The molecule has 0 spiro atoms. The maximum absolute atomic E-state index is 12.8. The van der Waals surface area contributed by atoms with Gasteiger partial charge in [0, 0.05) is 23.7 Å². The Kier molecular flexibility index (Phi) is 3.26. The van der Waals surface area contributed by atoms with E-state index in [1.807, 2.05) is 63.4 Å². The Morgan fingerprint density at radius 2 is 1.76 bits per heavy atom. The Balaban J connectivity index is 2.16. The Morgan fingerprint density at radius 1 is 1.05 bits per heavy atom. The number of nitrogens with one attached hydrogen (secondary N) is 1. The number of benzene rings is 2. The van der Waals surface area contributed by atoms with E-state index in [0.717, 1.165) is 22.2 Å². The third-order valence-electron chi connectivity index (χ3n) is 3.69. The highest BCUT2D eigenvalue weighted by Crippen LogP contribution is 2.30. The van der Waals surface area contributed by atoms with Gasteiger partial charge in [-0.3, -0.25) is 4.79 Å². The summed E-state index contributed by atoms with van der Waals surface area (Å²) in [7, 11) is 1.86. The molecule has 0 bridgehead atoms. The molecule has 0 fully saturated rings. The molecule has 0 amide bonds. The van der Waals surface area contributed by atoms with Gasteiger partial charge in [0.05, 0.1) is 5.56 Å². The van der Waals surface area contributed by atoms with Crippen molar-refractivity contribution in [2.45, 2.75) is 13.8 Å². The summed E-state index contributed by atoms with van der Waals surface area (Å²) in [5.74, 6) is 0.656. The molecule has 0 atom stereocenters. The minimum atomic E-state index is -0.000460. The topological polar surface area (TPSA) is 42.2 Å². The van der Waals surface area contributed by atoms with Crippen molar-refractivity contribution < 1.29 is 9.21 Å². The first-order valence-electron chi connectivity index (χ1n) is 6.92. The zero-order valence-corrected chi connectivity index (χ0v) is 12.4. The van der Waals surface area contributed by atoms with E-state index < -0.39 is 0 Å². The molecule has 3 nitrogen and oxygen atoms in total. The standard InChI is InChI=1S/C18H17NO2/c1-11-4-6-13(7-5-11)18(20)17-12(2)21-16-9-8-14(19-3)10-15(16)17/h4-10,19H,1-3H3. The van der Waals surface area contributed by atoms with Gasteiger partial charge in [0.1, 0.15) is 11.3 Å². The lowest BCUT2D eigenvalue weighted by Gasteiger charge is -2.03. The van der Waals surface area contributed by atoms with Crippen LogP contribution >= 0.6 is 0 Å². The van der Waals surface area contributed by atoms with Gasteiger partial charge in [-0.15, -0.1) is 0 Å². The molecule has 3 aromatic rings. The summed E-state index contributed by atoms with van der Waals surface area (Å²) in [5, 5.41) is 3.94. The van der Waals surface area contributed by atoms with Crippen molar-refractivity contribution in [2.75, 3.05) is 12.4 Å². The van der Waals surface area contributed by atoms with Gasteiger partial charge >= 0.3 is 0 Å². The molecule has 0 aliphatic rings. The van der Waals surface area contributed by atoms with Gasteiger partial charge in [-0.1, -0.05) is 29.8 Å². The molecule has 1 N–H and O–H groups in total. The van der Waals surface area contributed by atoms with E-state index in [-0.39, 0.29) is 5.78 Å². The number of hydrogen-bond donors (Lipinski definition) is 1. The van der Waals surface area contributed by atoms with Gasteiger partial charge in [0.25, 0.3) is 0 Å². The number of carbonyl (C=O) groups is 1. The quantitative estimate of drug-likeness (QED) is 0.726. The number of fused-ring (bicyclic) bond motifs is 1. The van der Waals surface area contributed by atoms with Crippen LogP contribution in [0.5, 0.6) is 0 Å². The highest BCUT2D eigenvalue weighted by atomic mass is 16.3. The summed E-state index contributed by atoms with van der Waals surface area (Å²) >= 11 is 0. The molecule has 3 rings (SSSR count). The maximum Gasteiger partial charge on any atom is 0.197 e. The van der Waals surface area contributed by atoms with E-state index in [2.05, 4.69) is 5.32 Å². The molecular weight excluding hydrogens is 262 g/mol. The third kappa shape index (κ3) is 2.31. The zero-order chi connectivity index (χ0) is 15.0. The second-order valence-electron chi connectivity index (χ2n) is 5.19. The average Bonchev–Trinajstić information content (AvgIpc) is 2.82. The number of aryl methyl sites for hydroxylation is 2. The molecule has 0 aliphatic carbocycles. The van der Waals surface area contributed by atoms with Gasteiger partial charge in [0.15, 0.2) is 5.78 Å². The highest BCUT2D eigenvalue weighted by Gasteiger charge is 2.19. The molecule has 0 saturated carbocycles. The minimum absolute atomic E-state index is 0.000460. The van der Waals surface area contributed by atoms with Crippen LogP contribution in [-0.4, -0.2) is 12.8 Å². The van der Waals surface area contributed by atoms with Gasteiger partial charge in [-0.25, -0.2) is 0 Å². The average molecular weight is 279 g/mol. The summed E-state index contributed by atoms with van der Waals surface area (Å²) in [6.45, 7) is 3.84. The Labute approximate surface area is 123 Å². The predicted octanol–water partition coefficient (Wildman–Crippen LogP) is 4.32. The van der Waals surface area contributed by atoms with Crippen LogP contribution in [0.25, 0.3) is 11.0 Å². The summed E-state index contributed by atoms with van der Waals surface area (Å²) in [6.07, 6.45) is 0. The van der Waals surface area contributed by atoms with Crippen molar-refractivity contribution in [3.8, 4) is 0 Å². The Hall–Kier alpha value is -2.55. The van der Waals surface area contributed by atoms with Crippen molar-refractivity contribution in [3.05, 3.63) is 64.9 Å². The van der Waals surface area contributed by atoms with Crippen LogP contribution in [-0.2, 0) is 0 Å². The second-order valence-corrected chi connectivity index (χ2v) is 5.19. The molecule has 3 heteroatoms. The van der Waals surface area contributed by atoms with Crippen LogP contribution in [0, 0.1) is 13.8 Å². The molecule has 0 saturated heterocycles. The van der Waals surface area contributed by atoms with E-state index in [1.165, 1.54) is 0 Å². The Bertz CT molecular complexity index is 813. The molecule has 1 aromatic heterocycles. The number of furan rings is 1. The summed E-state index contributed by atoms with van der Waals surface area (Å²) in [6, 6.07) is 13.4. The SMILES string of the molecule is CNc1ccc2oc(C)c(C(=O)c3ccc(C)cc3)c2c1. The number of carbonyl (C=O) groups excluding carboxylic acids is 1. The van der Waals surface area contributed by atoms with Gasteiger partial charge in [0.2, 0.25) is 0 Å².